The maximum atomic E-state index is 10.1. The number of aliphatic carboxylic acids is 1. The van der Waals surface area contributed by atoms with E-state index in [0.29, 0.717) is 0 Å². The summed E-state index contributed by atoms with van der Waals surface area (Å²) < 4.78 is 0. The van der Waals surface area contributed by atoms with Gasteiger partial charge in [0.15, 0.2) is 0 Å². The molecule has 0 aromatic rings. The van der Waals surface area contributed by atoms with E-state index in [4.69, 9.17) is 20.4 Å². The van der Waals surface area contributed by atoms with E-state index >= 15 is 0 Å². The van der Waals surface area contributed by atoms with E-state index in [1.54, 1.807) is 0 Å². The first-order valence-electron chi connectivity index (χ1n) is 3.75. The number of hydrogen-bond acceptors (Lipinski definition) is 4. The molecule has 0 bridgehead atoms. The van der Waals surface area contributed by atoms with Gasteiger partial charge in [-0.15, -0.1) is 0 Å². The van der Waals surface area contributed by atoms with Gasteiger partial charge in [-0.05, 0) is 12.8 Å². The van der Waals surface area contributed by atoms with Crippen molar-refractivity contribution in [1.29, 1.82) is 0 Å². The molecule has 0 amide bonds. The summed E-state index contributed by atoms with van der Waals surface area (Å²) in [6, 6.07) is 0. The largest absolute Gasteiger partial charge is 0.481 e. The van der Waals surface area contributed by atoms with Gasteiger partial charge >= 0.3 is 5.97 Å². The zero-order valence-electron chi connectivity index (χ0n) is 6.68. The predicted octanol–water partition coefficient (Wildman–Crippen LogP) is -1.04. The van der Waals surface area contributed by atoms with Crippen LogP contribution in [0.25, 0.3) is 0 Å². The van der Waals surface area contributed by atoms with Crippen molar-refractivity contribution in [3.8, 4) is 0 Å². The van der Waals surface area contributed by atoms with Crippen LogP contribution in [0.3, 0.4) is 0 Å². The fourth-order valence-electron chi connectivity index (χ4n) is 0.866. The number of carboxylic acids is 1. The zero-order chi connectivity index (χ0) is 9.56. The van der Waals surface area contributed by atoms with Crippen molar-refractivity contribution in [2.75, 3.05) is 6.61 Å². The van der Waals surface area contributed by atoms with Crippen LogP contribution < -0.4 is 0 Å². The van der Waals surface area contributed by atoms with Crippen molar-refractivity contribution in [2.45, 2.75) is 31.5 Å². The first kappa shape index (κ1) is 11.4. The Morgan fingerprint density at radius 2 is 1.83 bits per heavy atom. The molecule has 0 aliphatic heterocycles. The third-order valence-corrected chi connectivity index (χ3v) is 1.42. The molecule has 0 saturated carbocycles. The molecule has 5 nitrogen and oxygen atoms in total. The molecule has 0 saturated heterocycles. The van der Waals surface area contributed by atoms with Gasteiger partial charge in [0, 0.05) is 6.61 Å². The van der Waals surface area contributed by atoms with Crippen LogP contribution in [0.1, 0.15) is 19.3 Å². The molecular formula is C7H14O5. The van der Waals surface area contributed by atoms with Gasteiger partial charge < -0.3 is 20.4 Å². The maximum Gasteiger partial charge on any atom is 0.305 e. The Bertz CT molecular complexity index is 136. The summed E-state index contributed by atoms with van der Waals surface area (Å²) in [6.45, 7) is -0.166. The Kier molecular flexibility index (Phi) is 5.61. The smallest absolute Gasteiger partial charge is 0.305 e. The van der Waals surface area contributed by atoms with Crippen LogP contribution in [0.2, 0.25) is 0 Å². The minimum atomic E-state index is -1.10. The highest BCUT2D eigenvalue weighted by molar-refractivity contribution is 5.67. The number of hydrogen-bond donors (Lipinski definition) is 4. The monoisotopic (exact) mass is 178 g/mol. The molecule has 12 heavy (non-hydrogen) atoms. The fraction of sp³-hybridized carbons (Fsp3) is 0.857. The van der Waals surface area contributed by atoms with Gasteiger partial charge in [-0.25, -0.2) is 0 Å². The summed E-state index contributed by atoms with van der Waals surface area (Å²) in [5.74, 6) is -1.10. The van der Waals surface area contributed by atoms with E-state index in [0.717, 1.165) is 0 Å². The van der Waals surface area contributed by atoms with Crippen molar-refractivity contribution in [3.63, 3.8) is 0 Å². The van der Waals surface area contributed by atoms with E-state index in [9.17, 15) is 4.79 Å². The van der Waals surface area contributed by atoms with Crippen LogP contribution in [0, 0.1) is 0 Å². The van der Waals surface area contributed by atoms with Crippen LogP contribution in [0.15, 0.2) is 0 Å². The SMILES string of the molecule is O=C(O)CC(O)CC(O)CCO. The number of aliphatic hydroxyl groups excluding tert-OH is 3. The fourth-order valence-corrected chi connectivity index (χ4v) is 0.866. The molecule has 0 aromatic heterocycles. The van der Waals surface area contributed by atoms with Crippen molar-refractivity contribution < 1.29 is 25.2 Å². The van der Waals surface area contributed by atoms with Crippen molar-refractivity contribution in [3.05, 3.63) is 0 Å². The summed E-state index contributed by atoms with van der Waals surface area (Å²) in [5, 5.41) is 34.6. The highest BCUT2D eigenvalue weighted by Crippen LogP contribution is 2.05. The molecule has 0 aliphatic carbocycles. The summed E-state index contributed by atoms with van der Waals surface area (Å²) in [4.78, 5) is 10.1. The Morgan fingerprint density at radius 1 is 1.25 bits per heavy atom. The van der Waals surface area contributed by atoms with Gasteiger partial charge in [-0.2, -0.15) is 0 Å². The standard InChI is InChI=1S/C7H14O5/c8-2-1-5(9)3-6(10)4-7(11)12/h5-6,8-10H,1-4H2,(H,11,12). The van der Waals surface area contributed by atoms with Crippen LogP contribution in [0.5, 0.6) is 0 Å². The maximum absolute atomic E-state index is 10.1. The molecule has 4 N–H and O–H groups in total. The van der Waals surface area contributed by atoms with E-state index in [1.165, 1.54) is 0 Å². The lowest BCUT2D eigenvalue weighted by Gasteiger charge is -2.12. The lowest BCUT2D eigenvalue weighted by molar-refractivity contribution is -0.139. The quantitative estimate of drug-likeness (QED) is 0.416. The average molecular weight is 178 g/mol. The lowest BCUT2D eigenvalue weighted by Crippen LogP contribution is -2.21. The van der Waals surface area contributed by atoms with E-state index in [2.05, 4.69) is 0 Å². The van der Waals surface area contributed by atoms with Crippen LogP contribution in [-0.4, -0.2) is 45.2 Å². The molecule has 0 aromatic carbocycles. The summed E-state index contributed by atoms with van der Waals surface area (Å²) in [7, 11) is 0. The molecule has 0 rings (SSSR count). The molecule has 0 heterocycles. The molecule has 0 spiro atoms. The first-order chi connectivity index (χ1) is 5.56. The number of aliphatic hydroxyl groups is 3. The molecule has 0 fully saturated rings. The molecular weight excluding hydrogens is 164 g/mol. The molecule has 0 radical (unpaired) electrons. The van der Waals surface area contributed by atoms with Gasteiger partial charge in [0.1, 0.15) is 0 Å². The molecule has 72 valence electrons. The van der Waals surface area contributed by atoms with Crippen molar-refractivity contribution >= 4 is 5.97 Å². The molecule has 2 unspecified atom stereocenters. The molecule has 2 atom stereocenters. The van der Waals surface area contributed by atoms with Gasteiger partial charge in [-0.3, -0.25) is 4.79 Å². The highest BCUT2D eigenvalue weighted by Gasteiger charge is 2.14. The van der Waals surface area contributed by atoms with Crippen LogP contribution in [-0.2, 0) is 4.79 Å². The highest BCUT2D eigenvalue weighted by atomic mass is 16.4. The molecule has 5 heteroatoms. The van der Waals surface area contributed by atoms with Crippen LogP contribution >= 0.6 is 0 Å². The van der Waals surface area contributed by atoms with Crippen molar-refractivity contribution in [2.24, 2.45) is 0 Å². The molecule has 0 aliphatic rings. The zero-order valence-corrected chi connectivity index (χ0v) is 6.68. The van der Waals surface area contributed by atoms with Gasteiger partial charge in [0.25, 0.3) is 0 Å². The number of rotatable bonds is 6. The minimum Gasteiger partial charge on any atom is -0.481 e. The van der Waals surface area contributed by atoms with Crippen LogP contribution in [0.4, 0.5) is 0 Å². The van der Waals surface area contributed by atoms with E-state index < -0.39 is 18.2 Å². The van der Waals surface area contributed by atoms with Gasteiger partial charge in [0.2, 0.25) is 0 Å². The minimum absolute atomic E-state index is 0.00708. The third kappa shape index (κ3) is 6.09. The van der Waals surface area contributed by atoms with Crippen molar-refractivity contribution in [1.82, 2.24) is 0 Å². The Labute approximate surface area is 70.3 Å². The van der Waals surface area contributed by atoms with E-state index in [-0.39, 0.29) is 25.9 Å². The summed E-state index contributed by atoms with van der Waals surface area (Å²) in [5.41, 5.74) is 0. The second kappa shape index (κ2) is 5.93. The van der Waals surface area contributed by atoms with E-state index in [1.807, 2.05) is 0 Å². The summed E-state index contributed by atoms with van der Waals surface area (Å²) in [6.07, 6.45) is -2.08. The number of carboxylic acid groups (broad SMARTS) is 1. The average Bonchev–Trinajstić information content (AvgIpc) is 1.84. The Balaban J connectivity index is 3.53. The third-order valence-electron chi connectivity index (χ3n) is 1.42. The second-order valence-corrected chi connectivity index (χ2v) is 2.65. The van der Waals surface area contributed by atoms with Gasteiger partial charge in [-0.1, -0.05) is 0 Å². The Morgan fingerprint density at radius 3 is 2.25 bits per heavy atom. The number of carbonyl (C=O) groups is 1. The predicted molar refractivity (Wildman–Crippen MR) is 40.6 cm³/mol. The first-order valence-corrected chi connectivity index (χ1v) is 3.75. The van der Waals surface area contributed by atoms with Gasteiger partial charge in [0.05, 0.1) is 18.6 Å². The summed E-state index contributed by atoms with van der Waals surface area (Å²) >= 11 is 0. The lowest BCUT2D eigenvalue weighted by atomic mass is 10.1. The normalized spacial score (nSPS) is 15.6. The Hall–Kier alpha value is -0.650. The second-order valence-electron chi connectivity index (χ2n) is 2.65. The topological polar surface area (TPSA) is 98.0 Å².